The lowest BCUT2D eigenvalue weighted by molar-refractivity contribution is 0.173. The predicted octanol–water partition coefficient (Wildman–Crippen LogP) is 2.66. The highest BCUT2D eigenvalue weighted by Gasteiger charge is 2.19. The molecule has 1 aromatic carbocycles. The lowest BCUT2D eigenvalue weighted by Crippen LogP contribution is -2.37. The Bertz CT molecular complexity index is 390. The molecule has 2 atom stereocenters. The molecule has 0 spiro atoms. The summed E-state index contributed by atoms with van der Waals surface area (Å²) in [7, 11) is 2.20. The number of anilines is 1. The van der Waals surface area contributed by atoms with Crippen LogP contribution in [0.5, 0.6) is 0 Å². The summed E-state index contributed by atoms with van der Waals surface area (Å²) >= 11 is 0. The van der Waals surface area contributed by atoms with E-state index in [0.717, 1.165) is 25.1 Å². The van der Waals surface area contributed by atoms with Crippen molar-refractivity contribution >= 4 is 5.69 Å². The Kier molecular flexibility index (Phi) is 4.83. The maximum Gasteiger partial charge on any atom is 0.0787 e. The third kappa shape index (κ3) is 3.48. The molecule has 0 bridgehead atoms. The standard InChI is InChI=1S/C16H26N2O/c1-4-16(19)14-6-8-15(9-7-14)18-11-5-10-17(3)12-13(18)2/h6-9,13,16,19H,4-5,10-12H2,1-3H3. The van der Waals surface area contributed by atoms with E-state index < -0.39 is 0 Å². The van der Waals surface area contributed by atoms with Gasteiger partial charge in [-0.3, -0.25) is 0 Å². The van der Waals surface area contributed by atoms with Gasteiger partial charge in [-0.25, -0.2) is 0 Å². The molecule has 1 saturated heterocycles. The highest BCUT2D eigenvalue weighted by atomic mass is 16.3. The summed E-state index contributed by atoms with van der Waals surface area (Å²) in [6, 6.07) is 8.95. The fourth-order valence-electron chi connectivity index (χ4n) is 2.88. The van der Waals surface area contributed by atoms with Crippen LogP contribution in [0.4, 0.5) is 5.69 Å². The fourth-order valence-corrected chi connectivity index (χ4v) is 2.88. The second kappa shape index (κ2) is 6.40. The Hall–Kier alpha value is -1.06. The Morgan fingerprint density at radius 1 is 1.26 bits per heavy atom. The largest absolute Gasteiger partial charge is 0.388 e. The van der Waals surface area contributed by atoms with Crippen LogP contribution in [0.25, 0.3) is 0 Å². The summed E-state index contributed by atoms with van der Waals surface area (Å²) in [5.74, 6) is 0. The van der Waals surface area contributed by atoms with Gasteiger partial charge in [0.15, 0.2) is 0 Å². The smallest absolute Gasteiger partial charge is 0.0787 e. The summed E-state index contributed by atoms with van der Waals surface area (Å²) in [6.45, 7) is 7.69. The molecule has 1 N–H and O–H groups in total. The van der Waals surface area contributed by atoms with Crippen LogP contribution in [0.1, 0.15) is 38.4 Å². The van der Waals surface area contributed by atoms with Crippen molar-refractivity contribution in [2.45, 2.75) is 38.8 Å². The van der Waals surface area contributed by atoms with E-state index in [-0.39, 0.29) is 6.10 Å². The topological polar surface area (TPSA) is 26.7 Å². The first-order valence-electron chi connectivity index (χ1n) is 7.35. The van der Waals surface area contributed by atoms with Crippen LogP contribution < -0.4 is 4.90 Å². The minimum atomic E-state index is -0.332. The molecule has 0 aliphatic carbocycles. The van der Waals surface area contributed by atoms with Crippen LogP contribution in [0.15, 0.2) is 24.3 Å². The van der Waals surface area contributed by atoms with Crippen molar-refractivity contribution in [3.8, 4) is 0 Å². The summed E-state index contributed by atoms with van der Waals surface area (Å²) in [6.07, 6.45) is 1.64. The average molecular weight is 262 g/mol. The van der Waals surface area contributed by atoms with Crippen molar-refractivity contribution in [2.24, 2.45) is 0 Å². The van der Waals surface area contributed by atoms with Crippen LogP contribution in [0, 0.1) is 0 Å². The Morgan fingerprint density at radius 3 is 2.58 bits per heavy atom. The molecule has 1 aromatic rings. The molecule has 0 radical (unpaired) electrons. The maximum atomic E-state index is 9.84. The molecular formula is C16H26N2O. The first-order valence-corrected chi connectivity index (χ1v) is 7.35. The SMILES string of the molecule is CCC(O)c1ccc(N2CCCN(C)CC2C)cc1. The van der Waals surface area contributed by atoms with E-state index in [1.165, 1.54) is 18.7 Å². The second-order valence-electron chi connectivity index (χ2n) is 5.67. The molecular weight excluding hydrogens is 236 g/mol. The highest BCUT2D eigenvalue weighted by molar-refractivity contribution is 5.49. The van der Waals surface area contributed by atoms with E-state index in [1.807, 2.05) is 6.92 Å². The normalized spacial score (nSPS) is 23.2. The zero-order valence-corrected chi connectivity index (χ0v) is 12.3. The third-order valence-corrected chi connectivity index (χ3v) is 4.04. The summed E-state index contributed by atoms with van der Waals surface area (Å²) in [4.78, 5) is 4.88. The Balaban J connectivity index is 2.12. The van der Waals surface area contributed by atoms with Crippen molar-refractivity contribution in [1.82, 2.24) is 4.90 Å². The number of aliphatic hydroxyl groups is 1. The lowest BCUT2D eigenvalue weighted by atomic mass is 10.1. The minimum Gasteiger partial charge on any atom is -0.388 e. The minimum absolute atomic E-state index is 0.332. The number of rotatable bonds is 3. The number of aliphatic hydroxyl groups excluding tert-OH is 1. The monoisotopic (exact) mass is 262 g/mol. The average Bonchev–Trinajstić information content (AvgIpc) is 2.58. The molecule has 2 unspecified atom stereocenters. The summed E-state index contributed by atoms with van der Waals surface area (Å²) in [5.41, 5.74) is 2.29. The van der Waals surface area contributed by atoms with Gasteiger partial charge in [0.05, 0.1) is 6.10 Å². The number of hydrogen-bond donors (Lipinski definition) is 1. The van der Waals surface area contributed by atoms with E-state index in [9.17, 15) is 5.11 Å². The fraction of sp³-hybridized carbons (Fsp3) is 0.625. The first kappa shape index (κ1) is 14.4. The molecule has 106 valence electrons. The van der Waals surface area contributed by atoms with Crippen LogP contribution >= 0.6 is 0 Å². The van der Waals surface area contributed by atoms with E-state index in [1.54, 1.807) is 0 Å². The number of benzene rings is 1. The molecule has 0 saturated carbocycles. The van der Waals surface area contributed by atoms with Gasteiger partial charge in [-0.15, -0.1) is 0 Å². The lowest BCUT2D eigenvalue weighted by Gasteiger charge is -2.30. The van der Waals surface area contributed by atoms with Crippen LogP contribution in [-0.4, -0.2) is 42.7 Å². The van der Waals surface area contributed by atoms with Gasteiger partial charge in [0.25, 0.3) is 0 Å². The number of nitrogens with zero attached hydrogens (tertiary/aromatic N) is 2. The van der Waals surface area contributed by atoms with E-state index in [0.29, 0.717) is 6.04 Å². The Morgan fingerprint density at radius 2 is 1.95 bits per heavy atom. The molecule has 1 fully saturated rings. The number of hydrogen-bond acceptors (Lipinski definition) is 3. The van der Waals surface area contributed by atoms with E-state index >= 15 is 0 Å². The maximum absolute atomic E-state index is 9.84. The van der Waals surface area contributed by atoms with Gasteiger partial charge in [-0.1, -0.05) is 19.1 Å². The summed E-state index contributed by atoms with van der Waals surface area (Å²) < 4.78 is 0. The van der Waals surface area contributed by atoms with Gasteiger partial charge in [-0.05, 0) is 51.1 Å². The van der Waals surface area contributed by atoms with E-state index in [4.69, 9.17) is 0 Å². The van der Waals surface area contributed by atoms with Crippen molar-refractivity contribution in [1.29, 1.82) is 0 Å². The molecule has 3 nitrogen and oxygen atoms in total. The first-order chi connectivity index (χ1) is 9.11. The van der Waals surface area contributed by atoms with Crippen LogP contribution in [-0.2, 0) is 0 Å². The molecule has 3 heteroatoms. The van der Waals surface area contributed by atoms with Gasteiger partial charge < -0.3 is 14.9 Å². The van der Waals surface area contributed by atoms with Crippen LogP contribution in [0.2, 0.25) is 0 Å². The van der Waals surface area contributed by atoms with Gasteiger partial charge in [0.2, 0.25) is 0 Å². The molecule has 2 rings (SSSR count). The molecule has 19 heavy (non-hydrogen) atoms. The quantitative estimate of drug-likeness (QED) is 0.907. The van der Waals surface area contributed by atoms with E-state index in [2.05, 4.69) is 48.0 Å². The Labute approximate surface area is 116 Å². The molecule has 1 aliphatic heterocycles. The van der Waals surface area contributed by atoms with Gasteiger partial charge >= 0.3 is 0 Å². The molecule has 0 aromatic heterocycles. The molecule has 1 aliphatic rings. The third-order valence-electron chi connectivity index (χ3n) is 4.04. The number of likely N-dealkylation sites (N-methyl/N-ethyl adjacent to an activating group) is 1. The van der Waals surface area contributed by atoms with Crippen molar-refractivity contribution in [3.05, 3.63) is 29.8 Å². The zero-order chi connectivity index (χ0) is 13.8. The second-order valence-corrected chi connectivity index (χ2v) is 5.67. The zero-order valence-electron chi connectivity index (χ0n) is 12.3. The van der Waals surface area contributed by atoms with Gasteiger partial charge in [0, 0.05) is 24.8 Å². The van der Waals surface area contributed by atoms with Crippen molar-refractivity contribution in [3.63, 3.8) is 0 Å². The van der Waals surface area contributed by atoms with Crippen molar-refractivity contribution < 1.29 is 5.11 Å². The van der Waals surface area contributed by atoms with Crippen molar-refractivity contribution in [2.75, 3.05) is 31.6 Å². The van der Waals surface area contributed by atoms with Crippen LogP contribution in [0.3, 0.4) is 0 Å². The molecule has 1 heterocycles. The molecule has 0 amide bonds. The van der Waals surface area contributed by atoms with Gasteiger partial charge in [-0.2, -0.15) is 0 Å². The highest BCUT2D eigenvalue weighted by Crippen LogP contribution is 2.23. The van der Waals surface area contributed by atoms with Gasteiger partial charge in [0.1, 0.15) is 0 Å². The predicted molar refractivity (Wildman–Crippen MR) is 80.6 cm³/mol. The summed E-state index contributed by atoms with van der Waals surface area (Å²) in [5, 5.41) is 9.84.